The first kappa shape index (κ1) is 12.0. The Morgan fingerprint density at radius 2 is 2.07 bits per heavy atom. The molecule has 0 heterocycles. The second-order valence-electron chi connectivity index (χ2n) is 3.63. The van der Waals surface area contributed by atoms with E-state index in [1.165, 1.54) is 18.2 Å². The first-order valence-electron chi connectivity index (χ1n) is 4.59. The second-order valence-corrected chi connectivity index (χ2v) is 5.65. The van der Waals surface area contributed by atoms with Crippen molar-refractivity contribution >= 4 is 9.84 Å². The minimum Gasteiger partial charge on any atom is -0.508 e. The van der Waals surface area contributed by atoms with Gasteiger partial charge >= 0.3 is 0 Å². The molecule has 15 heavy (non-hydrogen) atoms. The zero-order valence-electron chi connectivity index (χ0n) is 8.77. The summed E-state index contributed by atoms with van der Waals surface area (Å²) >= 11 is 0. The first-order chi connectivity index (χ1) is 6.86. The van der Waals surface area contributed by atoms with Crippen LogP contribution in [0.15, 0.2) is 23.1 Å². The van der Waals surface area contributed by atoms with Crippen LogP contribution in [0.3, 0.4) is 0 Å². The molecule has 84 valence electrons. The Bertz CT molecular complexity index is 454. The van der Waals surface area contributed by atoms with Gasteiger partial charge in [-0.25, -0.2) is 8.42 Å². The van der Waals surface area contributed by atoms with Crippen LogP contribution in [-0.4, -0.2) is 26.3 Å². The van der Waals surface area contributed by atoms with Crippen molar-refractivity contribution in [1.82, 2.24) is 0 Å². The van der Waals surface area contributed by atoms with Crippen LogP contribution in [0.25, 0.3) is 0 Å². The summed E-state index contributed by atoms with van der Waals surface area (Å²) in [5, 5.41) is 9.55. The molecule has 5 heteroatoms. The summed E-state index contributed by atoms with van der Waals surface area (Å²) in [5.41, 5.74) is 6.04. The molecule has 1 rings (SSSR count). The summed E-state index contributed by atoms with van der Waals surface area (Å²) in [6.45, 7) is 2.20. The number of hydrogen-bond donors (Lipinski definition) is 2. The zero-order valence-corrected chi connectivity index (χ0v) is 9.58. The van der Waals surface area contributed by atoms with Gasteiger partial charge in [0.2, 0.25) is 0 Å². The van der Waals surface area contributed by atoms with Crippen molar-refractivity contribution in [3.05, 3.63) is 23.8 Å². The SMILES string of the molecule is CC(CN)c1cc(S(C)(=O)=O)ccc1O. The van der Waals surface area contributed by atoms with E-state index in [4.69, 9.17) is 5.73 Å². The molecular weight excluding hydrogens is 214 g/mol. The Morgan fingerprint density at radius 1 is 1.47 bits per heavy atom. The molecule has 0 radical (unpaired) electrons. The predicted molar refractivity (Wildman–Crippen MR) is 58.7 cm³/mol. The van der Waals surface area contributed by atoms with Gasteiger partial charge < -0.3 is 10.8 Å². The molecule has 1 atom stereocenters. The van der Waals surface area contributed by atoms with Gasteiger partial charge in [-0.2, -0.15) is 0 Å². The van der Waals surface area contributed by atoms with Crippen molar-refractivity contribution in [2.45, 2.75) is 17.7 Å². The lowest BCUT2D eigenvalue weighted by Crippen LogP contribution is -2.10. The molecule has 3 N–H and O–H groups in total. The predicted octanol–water partition coefficient (Wildman–Crippen LogP) is 0.858. The zero-order chi connectivity index (χ0) is 11.6. The van der Waals surface area contributed by atoms with E-state index in [9.17, 15) is 13.5 Å². The summed E-state index contributed by atoms with van der Waals surface area (Å²) < 4.78 is 22.6. The van der Waals surface area contributed by atoms with Gasteiger partial charge in [-0.05, 0) is 36.2 Å². The van der Waals surface area contributed by atoms with E-state index in [1.807, 2.05) is 6.92 Å². The molecular formula is C10H15NO3S. The molecule has 0 aliphatic heterocycles. The Kier molecular flexibility index (Phi) is 3.36. The van der Waals surface area contributed by atoms with Gasteiger partial charge in [0.25, 0.3) is 0 Å². The number of sulfone groups is 1. The molecule has 1 aromatic carbocycles. The molecule has 0 spiro atoms. The number of aromatic hydroxyl groups is 1. The lowest BCUT2D eigenvalue weighted by atomic mass is 10.0. The van der Waals surface area contributed by atoms with Gasteiger partial charge in [-0.15, -0.1) is 0 Å². The fourth-order valence-corrected chi connectivity index (χ4v) is 1.94. The summed E-state index contributed by atoms with van der Waals surface area (Å²) in [6, 6.07) is 4.25. The number of benzene rings is 1. The highest BCUT2D eigenvalue weighted by Gasteiger charge is 2.14. The van der Waals surface area contributed by atoms with Gasteiger partial charge in [-0.3, -0.25) is 0 Å². The Morgan fingerprint density at radius 3 is 2.53 bits per heavy atom. The molecule has 0 saturated heterocycles. The van der Waals surface area contributed by atoms with Crippen LogP contribution in [0.2, 0.25) is 0 Å². The van der Waals surface area contributed by atoms with Crippen molar-refractivity contribution in [2.24, 2.45) is 5.73 Å². The number of phenolic OH excluding ortho intramolecular Hbond substituents is 1. The van der Waals surface area contributed by atoms with E-state index in [2.05, 4.69) is 0 Å². The molecule has 0 bridgehead atoms. The third-order valence-electron chi connectivity index (χ3n) is 2.31. The summed E-state index contributed by atoms with van der Waals surface area (Å²) in [5.74, 6) is 0.0204. The molecule has 4 nitrogen and oxygen atoms in total. The van der Waals surface area contributed by atoms with E-state index in [0.717, 1.165) is 6.26 Å². The summed E-state index contributed by atoms with van der Waals surface area (Å²) in [6.07, 6.45) is 1.14. The average molecular weight is 229 g/mol. The van der Waals surface area contributed by atoms with E-state index < -0.39 is 9.84 Å². The van der Waals surface area contributed by atoms with E-state index in [-0.39, 0.29) is 16.6 Å². The normalized spacial score (nSPS) is 13.8. The quantitative estimate of drug-likeness (QED) is 0.805. The van der Waals surface area contributed by atoms with Gasteiger partial charge in [0, 0.05) is 6.26 Å². The monoisotopic (exact) mass is 229 g/mol. The topological polar surface area (TPSA) is 80.4 Å². The lowest BCUT2D eigenvalue weighted by Gasteiger charge is -2.12. The maximum atomic E-state index is 11.3. The van der Waals surface area contributed by atoms with Gasteiger partial charge in [0.15, 0.2) is 9.84 Å². The molecule has 0 fully saturated rings. The minimum absolute atomic E-state index is 0.0632. The molecule has 0 saturated carbocycles. The fraction of sp³-hybridized carbons (Fsp3) is 0.400. The van der Waals surface area contributed by atoms with Crippen molar-refractivity contribution < 1.29 is 13.5 Å². The number of phenols is 1. The Hall–Kier alpha value is -1.07. The fourth-order valence-electron chi connectivity index (χ4n) is 1.28. The van der Waals surface area contributed by atoms with Crippen molar-refractivity contribution in [1.29, 1.82) is 0 Å². The highest BCUT2D eigenvalue weighted by Crippen LogP contribution is 2.27. The van der Waals surface area contributed by atoms with Crippen LogP contribution >= 0.6 is 0 Å². The van der Waals surface area contributed by atoms with Crippen LogP contribution in [0.1, 0.15) is 18.4 Å². The maximum Gasteiger partial charge on any atom is 0.175 e. The minimum atomic E-state index is -3.24. The maximum absolute atomic E-state index is 11.3. The van der Waals surface area contributed by atoms with Crippen LogP contribution in [0.5, 0.6) is 5.75 Å². The first-order valence-corrected chi connectivity index (χ1v) is 6.48. The molecule has 1 aromatic rings. The highest BCUT2D eigenvalue weighted by molar-refractivity contribution is 7.90. The van der Waals surface area contributed by atoms with Crippen molar-refractivity contribution in [2.75, 3.05) is 12.8 Å². The van der Waals surface area contributed by atoms with E-state index in [0.29, 0.717) is 12.1 Å². The smallest absolute Gasteiger partial charge is 0.175 e. The molecule has 0 aromatic heterocycles. The number of nitrogens with two attached hydrogens (primary N) is 1. The second kappa shape index (κ2) is 4.20. The molecule has 1 unspecified atom stereocenters. The summed E-state index contributed by atoms with van der Waals surface area (Å²) in [4.78, 5) is 0.204. The van der Waals surface area contributed by atoms with Crippen LogP contribution in [0, 0.1) is 0 Å². The Labute approximate surface area is 89.7 Å². The van der Waals surface area contributed by atoms with E-state index in [1.54, 1.807) is 0 Å². The third-order valence-corrected chi connectivity index (χ3v) is 3.42. The standard InChI is InChI=1S/C10H15NO3S/c1-7(6-11)9-5-8(15(2,13)14)3-4-10(9)12/h3-5,7,12H,6,11H2,1-2H3. The van der Waals surface area contributed by atoms with Crippen LogP contribution < -0.4 is 5.73 Å². The van der Waals surface area contributed by atoms with Crippen molar-refractivity contribution in [3.63, 3.8) is 0 Å². The Balaban J connectivity index is 3.29. The molecule has 0 aliphatic carbocycles. The lowest BCUT2D eigenvalue weighted by molar-refractivity contribution is 0.462. The van der Waals surface area contributed by atoms with Crippen LogP contribution in [0.4, 0.5) is 0 Å². The number of rotatable bonds is 3. The van der Waals surface area contributed by atoms with Gasteiger partial charge in [0.1, 0.15) is 5.75 Å². The number of hydrogen-bond acceptors (Lipinski definition) is 4. The van der Waals surface area contributed by atoms with E-state index >= 15 is 0 Å². The van der Waals surface area contributed by atoms with Gasteiger partial charge in [-0.1, -0.05) is 6.92 Å². The van der Waals surface area contributed by atoms with Crippen LogP contribution in [-0.2, 0) is 9.84 Å². The third kappa shape index (κ3) is 2.70. The van der Waals surface area contributed by atoms with Gasteiger partial charge in [0.05, 0.1) is 4.90 Å². The molecule has 0 aliphatic rings. The largest absolute Gasteiger partial charge is 0.508 e. The van der Waals surface area contributed by atoms with Crippen molar-refractivity contribution in [3.8, 4) is 5.75 Å². The highest BCUT2D eigenvalue weighted by atomic mass is 32.2. The summed E-state index contributed by atoms with van der Waals surface area (Å²) in [7, 11) is -3.24. The average Bonchev–Trinajstić information content (AvgIpc) is 2.15. The molecule has 0 amide bonds.